The average molecular weight is 347 g/mol. The minimum atomic E-state index is -3.40. The van der Waals surface area contributed by atoms with Crippen molar-refractivity contribution in [2.75, 3.05) is 12.9 Å². The lowest BCUT2D eigenvalue weighted by atomic mass is 10.1. The van der Waals surface area contributed by atoms with E-state index in [1.807, 2.05) is 35.0 Å². The molecule has 0 aliphatic heterocycles. The maximum atomic E-state index is 13.2. The van der Waals surface area contributed by atoms with Gasteiger partial charge in [-0.25, -0.2) is 4.39 Å². The maximum Gasteiger partial charge on any atom is 0.264 e. The molecule has 4 nitrogen and oxygen atoms in total. The molecule has 0 bridgehead atoms. The van der Waals surface area contributed by atoms with Crippen LogP contribution >= 0.6 is 0 Å². The predicted octanol–water partition coefficient (Wildman–Crippen LogP) is 3.68. The minimum absolute atomic E-state index is 0.162. The van der Waals surface area contributed by atoms with Gasteiger partial charge in [-0.2, -0.15) is 8.42 Å². The summed E-state index contributed by atoms with van der Waals surface area (Å²) < 4.78 is 42.0. The first-order valence-corrected chi connectivity index (χ1v) is 9.45. The molecule has 3 rings (SSSR count). The van der Waals surface area contributed by atoms with Gasteiger partial charge in [0, 0.05) is 17.3 Å². The van der Waals surface area contributed by atoms with Crippen molar-refractivity contribution in [1.82, 2.24) is 4.57 Å². The summed E-state index contributed by atoms with van der Waals surface area (Å²) in [5.41, 5.74) is 3.02. The van der Waals surface area contributed by atoms with Crippen LogP contribution in [0.15, 0.2) is 54.7 Å². The average Bonchev–Trinajstić information content (AvgIpc) is 2.91. The highest BCUT2D eigenvalue weighted by atomic mass is 32.2. The molecule has 3 aromatic rings. The first-order chi connectivity index (χ1) is 11.4. The molecule has 126 valence electrons. The number of aromatic nitrogens is 1. The second-order valence-corrected chi connectivity index (χ2v) is 7.29. The number of hydrogen-bond acceptors (Lipinski definition) is 3. The first kappa shape index (κ1) is 16.7. The summed E-state index contributed by atoms with van der Waals surface area (Å²) >= 11 is 0. The topological polar surface area (TPSA) is 48.3 Å². The van der Waals surface area contributed by atoms with E-state index < -0.39 is 10.1 Å². The van der Waals surface area contributed by atoms with Gasteiger partial charge >= 0.3 is 0 Å². The van der Waals surface area contributed by atoms with Crippen LogP contribution in [0.25, 0.3) is 16.6 Å². The number of fused-ring (bicyclic) bond motifs is 1. The Balaban J connectivity index is 1.88. The number of benzene rings is 2. The van der Waals surface area contributed by atoms with Crippen LogP contribution in [0.3, 0.4) is 0 Å². The Labute approximate surface area is 140 Å². The third kappa shape index (κ3) is 3.83. The van der Waals surface area contributed by atoms with Gasteiger partial charge in [0.1, 0.15) is 5.82 Å². The highest BCUT2D eigenvalue weighted by Gasteiger charge is 2.10. The molecule has 0 spiro atoms. The monoisotopic (exact) mass is 347 g/mol. The standard InChI is InChI=1S/C18H18FNO3S/c1-24(21,22)23-12-4-5-14-13-20(16-10-8-15(19)9-11-16)18-7-3-2-6-17(14)18/h2-3,6-11,13H,4-5,12H2,1H3. The number of para-hydroxylation sites is 1. The third-order valence-electron chi connectivity index (χ3n) is 3.79. The van der Waals surface area contributed by atoms with Crippen LogP contribution in [0.1, 0.15) is 12.0 Å². The first-order valence-electron chi connectivity index (χ1n) is 7.63. The molecule has 1 aromatic heterocycles. The van der Waals surface area contributed by atoms with Crippen molar-refractivity contribution in [2.24, 2.45) is 0 Å². The molecule has 0 saturated heterocycles. The van der Waals surface area contributed by atoms with E-state index in [1.54, 1.807) is 12.1 Å². The van der Waals surface area contributed by atoms with E-state index in [0.29, 0.717) is 12.8 Å². The van der Waals surface area contributed by atoms with E-state index in [-0.39, 0.29) is 12.4 Å². The van der Waals surface area contributed by atoms with Crippen molar-refractivity contribution in [3.05, 3.63) is 66.1 Å². The van der Waals surface area contributed by atoms with E-state index >= 15 is 0 Å². The Morgan fingerprint density at radius 2 is 1.79 bits per heavy atom. The summed E-state index contributed by atoms with van der Waals surface area (Å²) in [4.78, 5) is 0. The number of nitrogens with zero attached hydrogens (tertiary/aromatic N) is 1. The van der Waals surface area contributed by atoms with Crippen LogP contribution in [-0.4, -0.2) is 25.8 Å². The Morgan fingerprint density at radius 1 is 1.08 bits per heavy atom. The molecule has 24 heavy (non-hydrogen) atoms. The lowest BCUT2D eigenvalue weighted by Crippen LogP contribution is -2.04. The van der Waals surface area contributed by atoms with E-state index in [1.165, 1.54) is 12.1 Å². The quantitative estimate of drug-likeness (QED) is 0.505. The third-order valence-corrected chi connectivity index (χ3v) is 4.38. The van der Waals surface area contributed by atoms with Gasteiger partial charge in [0.15, 0.2) is 0 Å². The molecule has 0 aliphatic rings. The zero-order valence-electron chi connectivity index (χ0n) is 13.3. The highest BCUT2D eigenvalue weighted by molar-refractivity contribution is 7.85. The molecule has 0 atom stereocenters. The van der Waals surface area contributed by atoms with Crippen LogP contribution in [-0.2, 0) is 20.7 Å². The van der Waals surface area contributed by atoms with E-state index in [9.17, 15) is 12.8 Å². The molecule has 0 unspecified atom stereocenters. The van der Waals surface area contributed by atoms with E-state index in [0.717, 1.165) is 28.4 Å². The summed E-state index contributed by atoms with van der Waals surface area (Å²) in [6, 6.07) is 14.3. The molecule has 0 amide bonds. The molecule has 0 N–H and O–H groups in total. The van der Waals surface area contributed by atoms with Gasteiger partial charge in [0.2, 0.25) is 0 Å². The Kier molecular flexibility index (Phi) is 4.69. The highest BCUT2D eigenvalue weighted by Crippen LogP contribution is 2.26. The zero-order valence-corrected chi connectivity index (χ0v) is 14.1. The molecule has 0 radical (unpaired) electrons. The van der Waals surface area contributed by atoms with Gasteiger partial charge in [-0.3, -0.25) is 4.18 Å². The second kappa shape index (κ2) is 6.75. The second-order valence-electron chi connectivity index (χ2n) is 5.65. The summed E-state index contributed by atoms with van der Waals surface area (Å²) in [6.45, 7) is 0.162. The maximum absolute atomic E-state index is 13.2. The van der Waals surface area contributed by atoms with Crippen LogP contribution in [0.4, 0.5) is 4.39 Å². The molecule has 0 saturated carbocycles. The van der Waals surface area contributed by atoms with Crippen molar-refractivity contribution in [3.8, 4) is 5.69 Å². The Morgan fingerprint density at radius 3 is 2.50 bits per heavy atom. The summed E-state index contributed by atoms with van der Waals surface area (Å²) in [5.74, 6) is -0.270. The number of rotatable bonds is 6. The van der Waals surface area contributed by atoms with Crippen LogP contribution in [0.2, 0.25) is 0 Å². The molecule has 6 heteroatoms. The molecule has 1 heterocycles. The number of halogens is 1. The lowest BCUT2D eigenvalue weighted by molar-refractivity contribution is 0.316. The smallest absolute Gasteiger partial charge is 0.264 e. The van der Waals surface area contributed by atoms with Crippen LogP contribution < -0.4 is 0 Å². The number of aryl methyl sites for hydroxylation is 1. The van der Waals surface area contributed by atoms with Gasteiger partial charge in [-0.15, -0.1) is 0 Å². The largest absolute Gasteiger partial charge is 0.316 e. The van der Waals surface area contributed by atoms with E-state index in [2.05, 4.69) is 0 Å². The van der Waals surface area contributed by atoms with E-state index in [4.69, 9.17) is 4.18 Å². The summed E-state index contributed by atoms with van der Waals surface area (Å²) in [7, 11) is -3.40. The number of hydrogen-bond donors (Lipinski definition) is 0. The fourth-order valence-electron chi connectivity index (χ4n) is 2.74. The predicted molar refractivity (Wildman–Crippen MR) is 92.3 cm³/mol. The van der Waals surface area contributed by atoms with Gasteiger partial charge in [0.05, 0.1) is 18.4 Å². The SMILES string of the molecule is CS(=O)(=O)OCCCc1cn(-c2ccc(F)cc2)c2ccccc12. The summed E-state index contributed by atoms with van der Waals surface area (Å²) in [5, 5.41) is 1.10. The molecular formula is C18H18FNO3S. The van der Waals surface area contributed by atoms with Gasteiger partial charge in [-0.05, 0) is 48.7 Å². The van der Waals surface area contributed by atoms with Crippen LogP contribution in [0, 0.1) is 5.82 Å². The van der Waals surface area contributed by atoms with Crippen molar-refractivity contribution in [1.29, 1.82) is 0 Å². The Bertz CT molecular complexity index is 946. The zero-order chi connectivity index (χ0) is 17.2. The van der Waals surface area contributed by atoms with Crippen molar-refractivity contribution < 1.29 is 17.0 Å². The molecule has 0 aliphatic carbocycles. The van der Waals surface area contributed by atoms with Crippen molar-refractivity contribution >= 4 is 21.0 Å². The van der Waals surface area contributed by atoms with Gasteiger partial charge in [-0.1, -0.05) is 18.2 Å². The molecule has 2 aromatic carbocycles. The molecular weight excluding hydrogens is 329 g/mol. The van der Waals surface area contributed by atoms with Crippen molar-refractivity contribution in [3.63, 3.8) is 0 Å². The lowest BCUT2D eigenvalue weighted by Gasteiger charge is -2.04. The molecule has 0 fully saturated rings. The van der Waals surface area contributed by atoms with Gasteiger partial charge in [0.25, 0.3) is 10.1 Å². The van der Waals surface area contributed by atoms with Crippen molar-refractivity contribution in [2.45, 2.75) is 12.8 Å². The minimum Gasteiger partial charge on any atom is -0.316 e. The van der Waals surface area contributed by atoms with Crippen LogP contribution in [0.5, 0.6) is 0 Å². The van der Waals surface area contributed by atoms with Gasteiger partial charge < -0.3 is 4.57 Å². The fourth-order valence-corrected chi connectivity index (χ4v) is 3.16. The summed E-state index contributed by atoms with van der Waals surface area (Å²) in [6.07, 6.45) is 4.36. The fraction of sp³-hybridized carbons (Fsp3) is 0.222. The Hall–Kier alpha value is -2.18. The normalized spacial score (nSPS) is 11.9.